The highest BCUT2D eigenvalue weighted by molar-refractivity contribution is 7.87. The van der Waals surface area contributed by atoms with Crippen molar-refractivity contribution in [3.8, 4) is 0 Å². The predicted octanol–water partition coefficient (Wildman–Crippen LogP) is 0.186. The Morgan fingerprint density at radius 1 is 1.33 bits per heavy atom. The molecule has 15 heavy (non-hydrogen) atoms. The van der Waals surface area contributed by atoms with Crippen LogP contribution < -0.4 is 5.73 Å². The lowest BCUT2D eigenvalue weighted by atomic mass is 10.2. The first-order valence-corrected chi connectivity index (χ1v) is 5.60. The van der Waals surface area contributed by atoms with E-state index < -0.39 is 22.6 Å². The van der Waals surface area contributed by atoms with Gasteiger partial charge in [0, 0.05) is 0 Å². The zero-order valence-corrected chi connectivity index (χ0v) is 8.95. The van der Waals surface area contributed by atoms with E-state index in [0.717, 1.165) is 5.56 Å². The van der Waals surface area contributed by atoms with Crippen LogP contribution in [0.3, 0.4) is 0 Å². The van der Waals surface area contributed by atoms with Crippen LogP contribution in [-0.2, 0) is 19.1 Å². The molecule has 6 heteroatoms. The molecule has 0 aliphatic carbocycles. The summed E-state index contributed by atoms with van der Waals surface area (Å²) in [4.78, 5) is 10.7. The lowest BCUT2D eigenvalue weighted by Crippen LogP contribution is -2.20. The number of hydrogen-bond acceptors (Lipinski definition) is 5. The molecule has 0 amide bonds. The first-order chi connectivity index (χ1) is 6.95. The lowest BCUT2D eigenvalue weighted by molar-refractivity contribution is -0.132. The Kier molecular flexibility index (Phi) is 3.43. The molecule has 82 valence electrons. The molecule has 0 spiro atoms. The van der Waals surface area contributed by atoms with Crippen molar-refractivity contribution in [2.45, 2.75) is 11.8 Å². The summed E-state index contributed by atoms with van der Waals surface area (Å²) >= 11 is 0. The maximum atomic E-state index is 11.4. The van der Waals surface area contributed by atoms with Gasteiger partial charge in [0.1, 0.15) is 4.90 Å². The van der Waals surface area contributed by atoms with Gasteiger partial charge in [-0.25, -0.2) is 4.79 Å². The molecule has 0 heterocycles. The summed E-state index contributed by atoms with van der Waals surface area (Å²) in [6, 6.07) is 5.97. The largest absolute Gasteiger partial charge is 0.341 e. The van der Waals surface area contributed by atoms with Crippen LogP contribution in [0.4, 0.5) is 0 Å². The van der Waals surface area contributed by atoms with Crippen LogP contribution in [0.1, 0.15) is 5.56 Å². The Balaban J connectivity index is 2.96. The van der Waals surface area contributed by atoms with E-state index in [1.54, 1.807) is 12.1 Å². The third-order valence-corrected chi connectivity index (χ3v) is 2.93. The Hall–Kier alpha value is -1.40. The normalized spacial score (nSPS) is 11.1. The molecule has 0 aromatic heterocycles. The second-order valence-corrected chi connectivity index (χ2v) is 4.47. The fraction of sp³-hybridized carbons (Fsp3) is 0.222. The minimum absolute atomic E-state index is 0.0603. The Morgan fingerprint density at radius 3 is 2.33 bits per heavy atom. The van der Waals surface area contributed by atoms with Gasteiger partial charge in [-0.1, -0.05) is 17.7 Å². The van der Waals surface area contributed by atoms with Gasteiger partial charge >= 0.3 is 16.1 Å². The summed E-state index contributed by atoms with van der Waals surface area (Å²) in [5.74, 6) is -0.976. The van der Waals surface area contributed by atoms with Crippen molar-refractivity contribution in [3.05, 3.63) is 29.8 Å². The van der Waals surface area contributed by atoms with E-state index in [9.17, 15) is 13.2 Å². The zero-order valence-electron chi connectivity index (χ0n) is 8.14. The van der Waals surface area contributed by atoms with Gasteiger partial charge < -0.3 is 9.92 Å². The minimum atomic E-state index is -4.02. The van der Waals surface area contributed by atoms with Crippen molar-refractivity contribution in [1.82, 2.24) is 0 Å². The van der Waals surface area contributed by atoms with E-state index in [1.165, 1.54) is 12.1 Å². The summed E-state index contributed by atoms with van der Waals surface area (Å²) in [5, 5.41) is 0. The lowest BCUT2D eigenvalue weighted by Gasteiger charge is -2.04. The van der Waals surface area contributed by atoms with Crippen molar-refractivity contribution in [2.24, 2.45) is 5.73 Å². The van der Waals surface area contributed by atoms with Crippen LogP contribution in [0.5, 0.6) is 0 Å². The van der Waals surface area contributed by atoms with Gasteiger partial charge in [-0.2, -0.15) is 8.42 Å². The van der Waals surface area contributed by atoms with E-state index >= 15 is 0 Å². The first-order valence-electron chi connectivity index (χ1n) is 4.20. The number of aryl methyl sites for hydroxylation is 1. The van der Waals surface area contributed by atoms with Gasteiger partial charge in [-0.3, -0.25) is 0 Å². The van der Waals surface area contributed by atoms with Crippen LogP contribution in [0.25, 0.3) is 0 Å². The predicted molar refractivity (Wildman–Crippen MR) is 53.5 cm³/mol. The van der Waals surface area contributed by atoms with Crippen molar-refractivity contribution in [2.75, 3.05) is 6.54 Å². The highest BCUT2D eigenvalue weighted by Crippen LogP contribution is 2.12. The average molecular weight is 229 g/mol. The second-order valence-electron chi connectivity index (χ2n) is 2.93. The maximum Gasteiger partial charge on any atom is 0.341 e. The molecule has 1 rings (SSSR count). The average Bonchev–Trinajstić information content (AvgIpc) is 2.17. The molecule has 0 bridgehead atoms. The molecule has 0 radical (unpaired) electrons. The summed E-state index contributed by atoms with van der Waals surface area (Å²) in [7, 11) is -4.02. The van der Waals surface area contributed by atoms with Crippen LogP contribution in [0.2, 0.25) is 0 Å². The molecule has 0 aliphatic heterocycles. The van der Waals surface area contributed by atoms with Gasteiger partial charge in [0.25, 0.3) is 0 Å². The number of hydrogen-bond donors (Lipinski definition) is 1. The van der Waals surface area contributed by atoms with Crippen molar-refractivity contribution in [1.29, 1.82) is 0 Å². The standard InChI is InChI=1S/C9H11NO4S/c1-7-2-4-8(5-3-7)15(12,13)14-9(11)6-10/h2-5H,6,10H2,1H3. The molecule has 0 fully saturated rings. The van der Waals surface area contributed by atoms with Crippen LogP contribution in [0, 0.1) is 6.92 Å². The number of rotatable bonds is 3. The van der Waals surface area contributed by atoms with Crippen molar-refractivity contribution < 1.29 is 17.4 Å². The van der Waals surface area contributed by atoms with E-state index in [-0.39, 0.29) is 4.90 Å². The molecule has 0 saturated heterocycles. The molecular formula is C9H11NO4S. The minimum Gasteiger partial charge on any atom is -0.341 e. The highest BCUT2D eigenvalue weighted by Gasteiger charge is 2.18. The topological polar surface area (TPSA) is 86.5 Å². The SMILES string of the molecule is Cc1ccc(S(=O)(=O)OC(=O)CN)cc1. The quantitative estimate of drug-likeness (QED) is 0.747. The fourth-order valence-corrected chi connectivity index (χ4v) is 1.79. The molecular weight excluding hydrogens is 218 g/mol. The molecule has 1 aromatic carbocycles. The maximum absolute atomic E-state index is 11.4. The van der Waals surface area contributed by atoms with Gasteiger partial charge in [-0.15, -0.1) is 0 Å². The number of nitrogens with two attached hydrogens (primary N) is 1. The van der Waals surface area contributed by atoms with E-state index in [2.05, 4.69) is 4.18 Å². The monoisotopic (exact) mass is 229 g/mol. The highest BCUT2D eigenvalue weighted by atomic mass is 32.2. The molecule has 0 unspecified atom stereocenters. The molecule has 5 nitrogen and oxygen atoms in total. The summed E-state index contributed by atoms with van der Waals surface area (Å²) in [6.07, 6.45) is 0. The molecule has 0 atom stereocenters. The number of carbonyl (C=O) groups excluding carboxylic acids is 1. The Morgan fingerprint density at radius 2 is 1.87 bits per heavy atom. The second kappa shape index (κ2) is 4.41. The van der Waals surface area contributed by atoms with E-state index in [1.807, 2.05) is 6.92 Å². The Labute approximate surface area is 88.0 Å². The summed E-state index contributed by atoms with van der Waals surface area (Å²) < 4.78 is 27.0. The summed E-state index contributed by atoms with van der Waals surface area (Å²) in [6.45, 7) is 1.35. The van der Waals surface area contributed by atoms with Crippen molar-refractivity contribution in [3.63, 3.8) is 0 Å². The molecule has 2 N–H and O–H groups in total. The van der Waals surface area contributed by atoms with Gasteiger partial charge in [-0.05, 0) is 19.1 Å². The van der Waals surface area contributed by atoms with E-state index in [4.69, 9.17) is 5.73 Å². The molecule has 0 aliphatic rings. The number of benzene rings is 1. The number of carbonyl (C=O) groups is 1. The van der Waals surface area contributed by atoms with E-state index in [0.29, 0.717) is 0 Å². The molecule has 0 saturated carbocycles. The summed E-state index contributed by atoms with van der Waals surface area (Å²) in [5.41, 5.74) is 5.86. The fourth-order valence-electron chi connectivity index (χ4n) is 0.909. The Bertz CT molecular complexity index is 450. The smallest absolute Gasteiger partial charge is 0.341 e. The first kappa shape index (κ1) is 11.7. The van der Waals surface area contributed by atoms with Gasteiger partial charge in [0.05, 0.1) is 6.54 Å². The van der Waals surface area contributed by atoms with Crippen LogP contribution in [-0.4, -0.2) is 20.9 Å². The van der Waals surface area contributed by atoms with Crippen LogP contribution >= 0.6 is 0 Å². The zero-order chi connectivity index (χ0) is 11.5. The third-order valence-electron chi connectivity index (χ3n) is 1.68. The van der Waals surface area contributed by atoms with Gasteiger partial charge in [0.2, 0.25) is 0 Å². The van der Waals surface area contributed by atoms with Gasteiger partial charge in [0.15, 0.2) is 0 Å². The van der Waals surface area contributed by atoms with Crippen molar-refractivity contribution >= 4 is 16.1 Å². The third kappa shape index (κ3) is 3.03. The van der Waals surface area contributed by atoms with Crippen LogP contribution in [0.15, 0.2) is 29.2 Å². The molecule has 1 aromatic rings.